The third kappa shape index (κ3) is 2.76. The van der Waals surface area contributed by atoms with Crippen LogP contribution in [0.2, 0.25) is 19.1 Å². The highest BCUT2D eigenvalue weighted by Gasteiger charge is 2.51. The zero-order valence-electron chi connectivity index (χ0n) is 13.5. The van der Waals surface area contributed by atoms with E-state index < -0.39 is 13.9 Å². The number of aliphatic hydroxyl groups is 1. The smallest absolute Gasteiger partial charge is 0.190 e. The average Bonchev–Trinajstić information content (AvgIpc) is 2.52. The lowest BCUT2D eigenvalue weighted by atomic mass is 9.78. The summed E-state index contributed by atoms with van der Waals surface area (Å²) in [5.41, 5.74) is 1.34. The predicted molar refractivity (Wildman–Crippen MR) is 92.1 cm³/mol. The minimum atomic E-state index is -1.95. The number of benzene rings is 2. The van der Waals surface area contributed by atoms with Crippen molar-refractivity contribution in [3.05, 3.63) is 71.8 Å². The quantitative estimate of drug-likeness (QED) is 0.828. The van der Waals surface area contributed by atoms with Crippen LogP contribution in [-0.2, 0) is 10.0 Å². The zero-order valence-corrected chi connectivity index (χ0v) is 14.5. The monoisotopic (exact) mass is 312 g/mol. The van der Waals surface area contributed by atoms with E-state index in [9.17, 15) is 5.11 Å². The molecule has 0 unspecified atom stereocenters. The molecule has 22 heavy (non-hydrogen) atoms. The van der Waals surface area contributed by atoms with Gasteiger partial charge < -0.3 is 9.53 Å². The molecule has 0 saturated carbocycles. The van der Waals surface area contributed by atoms with Crippen molar-refractivity contribution in [3.63, 3.8) is 0 Å². The van der Waals surface area contributed by atoms with Gasteiger partial charge in [-0.05, 0) is 30.3 Å². The highest BCUT2D eigenvalue weighted by atomic mass is 28.4. The molecule has 3 atom stereocenters. The summed E-state index contributed by atoms with van der Waals surface area (Å²) >= 11 is 0. The van der Waals surface area contributed by atoms with Crippen LogP contribution < -0.4 is 0 Å². The van der Waals surface area contributed by atoms with E-state index in [0.717, 1.165) is 17.2 Å². The van der Waals surface area contributed by atoms with Gasteiger partial charge in [-0.1, -0.05) is 67.6 Å². The third-order valence-electron chi connectivity index (χ3n) is 4.75. The van der Waals surface area contributed by atoms with Crippen molar-refractivity contribution >= 4 is 8.32 Å². The van der Waals surface area contributed by atoms with Crippen LogP contribution in [0.1, 0.15) is 24.2 Å². The second-order valence-electron chi connectivity index (χ2n) is 6.96. The van der Waals surface area contributed by atoms with E-state index in [0.29, 0.717) is 0 Å². The Labute approximate surface area is 133 Å². The molecule has 116 valence electrons. The highest BCUT2D eigenvalue weighted by molar-refractivity contribution is 6.71. The fraction of sp³-hybridized carbons (Fsp3) is 0.368. The van der Waals surface area contributed by atoms with E-state index in [1.54, 1.807) is 0 Å². The first-order valence-corrected chi connectivity index (χ1v) is 11.0. The Kier molecular flexibility index (Phi) is 3.97. The van der Waals surface area contributed by atoms with Gasteiger partial charge in [-0.15, -0.1) is 0 Å². The third-order valence-corrected chi connectivity index (χ3v) is 7.03. The lowest BCUT2D eigenvalue weighted by Crippen LogP contribution is -2.52. The molecule has 0 aromatic heterocycles. The van der Waals surface area contributed by atoms with Crippen molar-refractivity contribution in [1.29, 1.82) is 0 Å². The van der Waals surface area contributed by atoms with Gasteiger partial charge in [0.2, 0.25) is 0 Å². The lowest BCUT2D eigenvalue weighted by molar-refractivity contribution is -0.0773. The summed E-state index contributed by atoms with van der Waals surface area (Å²) in [4.78, 5) is 0. The van der Waals surface area contributed by atoms with Crippen LogP contribution >= 0.6 is 0 Å². The Balaban J connectivity index is 2.04. The first-order chi connectivity index (χ1) is 10.4. The molecule has 1 heterocycles. The van der Waals surface area contributed by atoms with E-state index in [4.69, 9.17) is 4.43 Å². The molecule has 0 radical (unpaired) electrons. The fourth-order valence-electron chi connectivity index (χ4n) is 3.64. The Morgan fingerprint density at radius 3 is 2.14 bits per heavy atom. The molecule has 0 amide bonds. The van der Waals surface area contributed by atoms with Gasteiger partial charge in [0, 0.05) is 5.92 Å². The molecule has 2 nitrogen and oxygen atoms in total. The molecule has 2 aromatic carbocycles. The lowest BCUT2D eigenvalue weighted by Gasteiger charge is -2.49. The summed E-state index contributed by atoms with van der Waals surface area (Å²) in [6.45, 7) is 6.50. The van der Waals surface area contributed by atoms with Crippen LogP contribution in [0.3, 0.4) is 0 Å². The van der Waals surface area contributed by atoms with Gasteiger partial charge in [0.05, 0.1) is 11.7 Å². The van der Waals surface area contributed by atoms with Crippen molar-refractivity contribution in [2.75, 3.05) is 0 Å². The van der Waals surface area contributed by atoms with Gasteiger partial charge in [-0.25, -0.2) is 0 Å². The molecule has 2 aromatic rings. The standard InChI is InChI=1S/C19H24O2Si/c1-15-18(16-10-6-4-7-11-16)21-22(2,3)14-19(15,20)17-12-8-5-9-13-17/h4-13,15,18,20H,14H2,1-3H3/t15-,18-,19-/m1/s1. The molecular formula is C19H24O2Si. The summed E-state index contributed by atoms with van der Waals surface area (Å²) in [6, 6.07) is 21.1. The van der Waals surface area contributed by atoms with E-state index in [1.807, 2.05) is 48.5 Å². The first-order valence-electron chi connectivity index (χ1n) is 7.93. The molecule has 0 spiro atoms. The Morgan fingerprint density at radius 2 is 1.55 bits per heavy atom. The molecule has 3 heteroatoms. The number of hydrogen-bond acceptors (Lipinski definition) is 2. The van der Waals surface area contributed by atoms with E-state index in [-0.39, 0.29) is 12.0 Å². The average molecular weight is 312 g/mol. The molecule has 1 aliphatic heterocycles. The van der Waals surface area contributed by atoms with Gasteiger partial charge in [0.15, 0.2) is 8.32 Å². The second-order valence-corrected chi connectivity index (χ2v) is 11.1. The minimum Gasteiger partial charge on any atom is -0.410 e. The fourth-order valence-corrected chi connectivity index (χ4v) is 6.57. The molecule has 0 aliphatic carbocycles. The normalized spacial score (nSPS) is 30.9. The number of rotatable bonds is 2. The first kappa shape index (κ1) is 15.5. The summed E-state index contributed by atoms with van der Waals surface area (Å²) in [5, 5.41) is 11.5. The van der Waals surface area contributed by atoms with Crippen LogP contribution in [-0.4, -0.2) is 13.4 Å². The topological polar surface area (TPSA) is 29.5 Å². The van der Waals surface area contributed by atoms with Crippen LogP contribution in [0.15, 0.2) is 60.7 Å². The van der Waals surface area contributed by atoms with Crippen molar-refractivity contribution in [1.82, 2.24) is 0 Å². The van der Waals surface area contributed by atoms with Gasteiger partial charge in [0.25, 0.3) is 0 Å². The van der Waals surface area contributed by atoms with Crippen molar-refractivity contribution in [3.8, 4) is 0 Å². The molecule has 1 aliphatic rings. The largest absolute Gasteiger partial charge is 0.410 e. The van der Waals surface area contributed by atoms with Crippen molar-refractivity contribution < 1.29 is 9.53 Å². The SMILES string of the molecule is C[C@@H]1[C@H](c2ccccc2)O[Si](C)(C)C[C@]1(O)c1ccccc1. The summed E-state index contributed by atoms with van der Waals surface area (Å²) in [6.07, 6.45) is -0.0539. The van der Waals surface area contributed by atoms with Crippen LogP contribution in [0.5, 0.6) is 0 Å². The van der Waals surface area contributed by atoms with Gasteiger partial charge in [0.1, 0.15) is 0 Å². The van der Waals surface area contributed by atoms with Gasteiger partial charge in [-0.3, -0.25) is 0 Å². The maximum absolute atomic E-state index is 11.5. The van der Waals surface area contributed by atoms with Crippen molar-refractivity contribution in [2.24, 2.45) is 5.92 Å². The van der Waals surface area contributed by atoms with Gasteiger partial charge in [-0.2, -0.15) is 0 Å². The van der Waals surface area contributed by atoms with E-state index in [1.165, 1.54) is 0 Å². The zero-order chi connectivity index (χ0) is 15.8. The summed E-state index contributed by atoms with van der Waals surface area (Å²) in [7, 11) is -1.95. The molecule has 1 saturated heterocycles. The maximum Gasteiger partial charge on any atom is 0.190 e. The minimum absolute atomic E-state index is 0.0119. The molecule has 0 bridgehead atoms. The molecular weight excluding hydrogens is 288 g/mol. The predicted octanol–water partition coefficient (Wildman–Crippen LogP) is 4.49. The van der Waals surface area contributed by atoms with Crippen LogP contribution in [0.25, 0.3) is 0 Å². The highest BCUT2D eigenvalue weighted by Crippen LogP contribution is 2.50. The number of hydrogen-bond donors (Lipinski definition) is 1. The Hall–Kier alpha value is -1.42. The van der Waals surface area contributed by atoms with Crippen LogP contribution in [0.4, 0.5) is 0 Å². The van der Waals surface area contributed by atoms with E-state index in [2.05, 4.69) is 32.2 Å². The Morgan fingerprint density at radius 1 is 1.00 bits per heavy atom. The second kappa shape index (κ2) is 5.65. The molecule has 1 fully saturated rings. The summed E-state index contributed by atoms with van der Waals surface area (Å²) in [5.74, 6) is 0.0119. The van der Waals surface area contributed by atoms with Crippen molar-refractivity contribution in [2.45, 2.75) is 37.8 Å². The van der Waals surface area contributed by atoms with Gasteiger partial charge >= 0.3 is 0 Å². The molecule has 3 rings (SSSR count). The molecule has 1 N–H and O–H groups in total. The Bertz CT molecular complexity index is 626. The summed E-state index contributed by atoms with van der Waals surface area (Å²) < 4.78 is 6.47. The van der Waals surface area contributed by atoms with Crippen LogP contribution in [0, 0.1) is 5.92 Å². The maximum atomic E-state index is 11.5. The van der Waals surface area contributed by atoms with E-state index >= 15 is 0 Å².